The monoisotopic (exact) mass is 503 g/mol. The summed E-state index contributed by atoms with van der Waals surface area (Å²) in [6, 6.07) is 23.6. The molecule has 4 rings (SSSR count). The molecule has 0 saturated heterocycles. The topological polar surface area (TPSA) is 56.1 Å². The average molecular weight is 504 g/mol. The Bertz CT molecular complexity index is 1280. The van der Waals surface area contributed by atoms with Gasteiger partial charge in [-0.15, -0.1) is 0 Å². The molecule has 0 bridgehead atoms. The predicted octanol–water partition coefficient (Wildman–Crippen LogP) is 7.03. The smallest absolute Gasteiger partial charge is 0.251 e. The second-order valence-corrected chi connectivity index (χ2v) is 9.55. The first-order valence-electron chi connectivity index (χ1n) is 12.8. The van der Waals surface area contributed by atoms with Gasteiger partial charge in [-0.2, -0.15) is 0 Å². The highest BCUT2D eigenvalue weighted by Gasteiger charge is 2.12. The third-order valence-electron chi connectivity index (χ3n) is 6.56. The molecule has 0 aliphatic carbocycles. The fourth-order valence-corrected chi connectivity index (χ4v) is 4.47. The van der Waals surface area contributed by atoms with Crippen molar-refractivity contribution in [3.63, 3.8) is 0 Å². The van der Waals surface area contributed by atoms with E-state index in [1.165, 1.54) is 5.56 Å². The van der Waals surface area contributed by atoms with Crippen molar-refractivity contribution >= 4 is 28.5 Å². The normalized spacial score (nSPS) is 12.0. The van der Waals surface area contributed by atoms with Gasteiger partial charge in [0.15, 0.2) is 0 Å². The summed E-state index contributed by atoms with van der Waals surface area (Å²) in [6.45, 7) is 6.50. The second-order valence-electron chi connectivity index (χ2n) is 9.12. The summed E-state index contributed by atoms with van der Waals surface area (Å²) in [5, 5.41) is 3.54. The number of ether oxygens (including phenoxy) is 1. The zero-order chi connectivity index (χ0) is 25.3. The Morgan fingerprint density at radius 2 is 1.86 bits per heavy atom. The fraction of sp³-hybridized carbons (Fsp3) is 0.333. The van der Waals surface area contributed by atoms with Crippen LogP contribution >= 0.6 is 11.6 Å². The molecule has 1 N–H and O–H groups in total. The quantitative estimate of drug-likeness (QED) is 0.211. The second kappa shape index (κ2) is 12.6. The van der Waals surface area contributed by atoms with Crippen LogP contribution < -0.4 is 10.1 Å². The highest BCUT2D eigenvalue weighted by molar-refractivity contribution is 6.30. The van der Waals surface area contributed by atoms with Crippen LogP contribution in [0.1, 0.15) is 60.8 Å². The Balaban J connectivity index is 1.30. The minimum Gasteiger partial charge on any atom is -0.494 e. The van der Waals surface area contributed by atoms with E-state index in [4.69, 9.17) is 21.3 Å². The van der Waals surface area contributed by atoms with Crippen molar-refractivity contribution in [1.29, 1.82) is 0 Å². The number of unbranched alkanes of at least 4 members (excludes halogenated alkanes) is 1. The summed E-state index contributed by atoms with van der Waals surface area (Å²) in [4.78, 5) is 17.3. The number of benzene rings is 3. The van der Waals surface area contributed by atoms with Crippen LogP contribution in [0.2, 0.25) is 5.02 Å². The zero-order valence-electron chi connectivity index (χ0n) is 21.0. The molecule has 1 atom stereocenters. The number of halogens is 1. The molecule has 1 heterocycles. The largest absolute Gasteiger partial charge is 0.494 e. The van der Waals surface area contributed by atoms with Crippen LogP contribution in [0.25, 0.3) is 11.0 Å². The van der Waals surface area contributed by atoms with Crippen LogP contribution in [0.15, 0.2) is 72.8 Å². The standard InChI is InChI=1S/C30H34ClN3O2/c1-3-22(2)23-13-15-26(16-14-23)36-20-7-6-19-34-28-12-5-4-11-27(28)33-29(34)17-18-32-30(35)24-9-8-10-25(31)21-24/h4-5,8-16,21-22H,3,6-7,17-20H2,1-2H3,(H,32,35). The maximum atomic E-state index is 12.5. The van der Waals surface area contributed by atoms with Gasteiger partial charge in [-0.25, -0.2) is 4.98 Å². The van der Waals surface area contributed by atoms with E-state index < -0.39 is 0 Å². The van der Waals surface area contributed by atoms with Crippen LogP contribution in [0, 0.1) is 0 Å². The number of carbonyl (C=O) groups excluding carboxylic acids is 1. The summed E-state index contributed by atoms with van der Waals surface area (Å²) in [7, 11) is 0. The zero-order valence-corrected chi connectivity index (χ0v) is 21.8. The Labute approximate surface area is 218 Å². The van der Waals surface area contributed by atoms with Crippen molar-refractivity contribution in [1.82, 2.24) is 14.9 Å². The van der Waals surface area contributed by atoms with E-state index in [9.17, 15) is 4.79 Å². The lowest BCUT2D eigenvalue weighted by Gasteiger charge is -2.12. The van der Waals surface area contributed by atoms with Gasteiger partial charge in [-0.1, -0.05) is 55.8 Å². The van der Waals surface area contributed by atoms with Crippen LogP contribution in [-0.2, 0) is 13.0 Å². The number of nitrogens with one attached hydrogen (secondary N) is 1. The molecule has 5 nitrogen and oxygen atoms in total. The van der Waals surface area contributed by atoms with Gasteiger partial charge in [-0.3, -0.25) is 4.79 Å². The molecule has 188 valence electrons. The lowest BCUT2D eigenvalue weighted by Crippen LogP contribution is -2.26. The Morgan fingerprint density at radius 3 is 2.64 bits per heavy atom. The summed E-state index contributed by atoms with van der Waals surface area (Å²) in [6.07, 6.45) is 3.72. The number of hydrogen-bond donors (Lipinski definition) is 1. The molecule has 1 amide bonds. The minimum absolute atomic E-state index is 0.130. The molecule has 0 aliphatic heterocycles. The Hall–Kier alpha value is -3.31. The van der Waals surface area contributed by atoms with Gasteiger partial charge in [-0.05, 0) is 73.2 Å². The highest BCUT2D eigenvalue weighted by atomic mass is 35.5. The summed E-state index contributed by atoms with van der Waals surface area (Å²) < 4.78 is 8.24. The number of fused-ring (bicyclic) bond motifs is 1. The predicted molar refractivity (Wildman–Crippen MR) is 147 cm³/mol. The Kier molecular flexibility index (Phi) is 9.01. The number of amides is 1. The molecular weight excluding hydrogens is 470 g/mol. The maximum absolute atomic E-state index is 12.5. The van der Waals surface area contributed by atoms with Crippen molar-refractivity contribution in [2.24, 2.45) is 0 Å². The number of carbonyl (C=O) groups is 1. The van der Waals surface area contributed by atoms with E-state index in [-0.39, 0.29) is 5.91 Å². The molecule has 4 aromatic rings. The van der Waals surface area contributed by atoms with E-state index in [0.29, 0.717) is 36.1 Å². The van der Waals surface area contributed by atoms with Crippen LogP contribution in [0.5, 0.6) is 5.75 Å². The number of aromatic nitrogens is 2. The molecule has 36 heavy (non-hydrogen) atoms. The summed E-state index contributed by atoms with van der Waals surface area (Å²) in [5.74, 6) is 2.34. The lowest BCUT2D eigenvalue weighted by molar-refractivity contribution is 0.0954. The van der Waals surface area contributed by atoms with Crippen molar-refractivity contribution < 1.29 is 9.53 Å². The molecule has 0 aliphatic rings. The third kappa shape index (κ3) is 6.67. The van der Waals surface area contributed by atoms with Crippen molar-refractivity contribution in [3.8, 4) is 5.75 Å². The first-order valence-corrected chi connectivity index (χ1v) is 13.1. The number of para-hydroxylation sites is 2. The fourth-order valence-electron chi connectivity index (χ4n) is 4.28. The first kappa shape index (κ1) is 25.8. The van der Waals surface area contributed by atoms with Gasteiger partial charge in [0.05, 0.1) is 17.6 Å². The van der Waals surface area contributed by atoms with Gasteiger partial charge in [0.25, 0.3) is 5.91 Å². The molecule has 6 heteroatoms. The van der Waals surface area contributed by atoms with E-state index in [2.05, 4.69) is 54.1 Å². The third-order valence-corrected chi connectivity index (χ3v) is 6.80. The highest BCUT2D eigenvalue weighted by Crippen LogP contribution is 2.22. The van der Waals surface area contributed by atoms with Gasteiger partial charge >= 0.3 is 0 Å². The van der Waals surface area contributed by atoms with E-state index in [1.54, 1.807) is 24.3 Å². The van der Waals surface area contributed by atoms with Gasteiger partial charge in [0, 0.05) is 30.1 Å². The number of nitrogens with zero attached hydrogens (tertiary/aromatic N) is 2. The van der Waals surface area contributed by atoms with Gasteiger partial charge < -0.3 is 14.6 Å². The van der Waals surface area contributed by atoms with Crippen molar-refractivity contribution in [2.75, 3.05) is 13.2 Å². The average Bonchev–Trinajstić information content (AvgIpc) is 3.25. The minimum atomic E-state index is -0.130. The van der Waals surface area contributed by atoms with E-state index >= 15 is 0 Å². The molecule has 1 aromatic heterocycles. The summed E-state index contributed by atoms with van der Waals surface area (Å²) in [5.41, 5.74) is 4.01. The number of hydrogen-bond acceptors (Lipinski definition) is 3. The van der Waals surface area contributed by atoms with Crippen molar-refractivity contribution in [2.45, 2.75) is 52.0 Å². The van der Waals surface area contributed by atoms with Crippen LogP contribution in [0.4, 0.5) is 0 Å². The molecule has 0 radical (unpaired) electrons. The maximum Gasteiger partial charge on any atom is 0.251 e. The number of aryl methyl sites for hydroxylation is 1. The van der Waals surface area contributed by atoms with Gasteiger partial charge in [0.2, 0.25) is 0 Å². The molecule has 3 aromatic carbocycles. The van der Waals surface area contributed by atoms with E-state index in [0.717, 1.165) is 48.4 Å². The number of imidazole rings is 1. The molecule has 0 spiro atoms. The van der Waals surface area contributed by atoms with Gasteiger partial charge in [0.1, 0.15) is 11.6 Å². The summed E-state index contributed by atoms with van der Waals surface area (Å²) >= 11 is 6.01. The SMILES string of the molecule is CCC(C)c1ccc(OCCCCn2c(CCNC(=O)c3cccc(Cl)c3)nc3ccccc32)cc1. The lowest BCUT2D eigenvalue weighted by atomic mass is 9.99. The van der Waals surface area contributed by atoms with Crippen LogP contribution in [0.3, 0.4) is 0 Å². The Morgan fingerprint density at radius 1 is 1.06 bits per heavy atom. The molecule has 0 fully saturated rings. The van der Waals surface area contributed by atoms with E-state index in [1.807, 2.05) is 18.2 Å². The van der Waals surface area contributed by atoms with Crippen molar-refractivity contribution in [3.05, 3.63) is 94.8 Å². The molecule has 0 saturated carbocycles. The van der Waals surface area contributed by atoms with Crippen LogP contribution in [-0.4, -0.2) is 28.6 Å². The molecule has 1 unspecified atom stereocenters. The number of rotatable bonds is 12. The molecular formula is C30H34ClN3O2. The first-order chi connectivity index (χ1) is 17.5.